The van der Waals surface area contributed by atoms with E-state index in [1.165, 1.54) is 3.57 Å². The number of nitrogens with zero attached hydrogens (tertiary/aromatic N) is 1. The Kier molecular flexibility index (Phi) is 3.25. The van der Waals surface area contributed by atoms with Gasteiger partial charge in [-0.05, 0) is 71.1 Å². The number of nitrogen functional groups attached to an aromatic ring is 1. The van der Waals surface area contributed by atoms with Crippen LogP contribution in [0.5, 0.6) is 11.5 Å². The van der Waals surface area contributed by atoms with E-state index >= 15 is 0 Å². The van der Waals surface area contributed by atoms with Crippen molar-refractivity contribution in [2.45, 2.75) is 0 Å². The average molecular weight is 362 g/mol. The summed E-state index contributed by atoms with van der Waals surface area (Å²) in [7, 11) is 0. The number of halogens is 1. The third-order valence-corrected chi connectivity index (χ3v) is 3.53. The number of rotatable bonds is 2. The molecule has 2 N–H and O–H groups in total. The van der Waals surface area contributed by atoms with E-state index < -0.39 is 0 Å². The molecule has 1 aromatic heterocycles. The van der Waals surface area contributed by atoms with Crippen molar-refractivity contribution in [3.63, 3.8) is 0 Å². The maximum Gasteiger partial charge on any atom is 0.153 e. The molecule has 3 rings (SSSR count). The van der Waals surface area contributed by atoms with Crippen LogP contribution in [0.1, 0.15) is 0 Å². The van der Waals surface area contributed by atoms with Crippen LogP contribution in [-0.2, 0) is 0 Å². The number of hydrogen-bond donors (Lipinski definition) is 1. The maximum atomic E-state index is 5.94. The van der Waals surface area contributed by atoms with Gasteiger partial charge in [-0.1, -0.05) is 0 Å². The standard InChI is InChI=1S/C15H11IN2O/c16-10-3-5-11(6-4-10)19-14-8-7-13(17)12-2-1-9-18-15(12)14/h1-9H,17H2. The minimum Gasteiger partial charge on any atom is -0.455 e. The number of hydrogen-bond acceptors (Lipinski definition) is 3. The minimum absolute atomic E-state index is 0.707. The Morgan fingerprint density at radius 3 is 2.58 bits per heavy atom. The summed E-state index contributed by atoms with van der Waals surface area (Å²) in [5.41, 5.74) is 7.43. The summed E-state index contributed by atoms with van der Waals surface area (Å²) < 4.78 is 7.05. The normalized spacial score (nSPS) is 10.6. The van der Waals surface area contributed by atoms with Crippen molar-refractivity contribution >= 4 is 39.2 Å². The Morgan fingerprint density at radius 2 is 1.79 bits per heavy atom. The Morgan fingerprint density at radius 1 is 1.00 bits per heavy atom. The molecule has 0 radical (unpaired) electrons. The fraction of sp³-hybridized carbons (Fsp3) is 0. The number of ether oxygens (including phenoxy) is 1. The van der Waals surface area contributed by atoms with Gasteiger partial charge < -0.3 is 10.5 Å². The van der Waals surface area contributed by atoms with Gasteiger partial charge in [0.25, 0.3) is 0 Å². The maximum absolute atomic E-state index is 5.94. The zero-order valence-electron chi connectivity index (χ0n) is 10.0. The Bertz CT molecular complexity index is 726. The smallest absolute Gasteiger partial charge is 0.153 e. The molecule has 0 amide bonds. The van der Waals surface area contributed by atoms with Gasteiger partial charge in [-0.3, -0.25) is 4.98 Å². The van der Waals surface area contributed by atoms with E-state index in [9.17, 15) is 0 Å². The first-order valence-electron chi connectivity index (χ1n) is 5.81. The van der Waals surface area contributed by atoms with Crippen molar-refractivity contribution in [2.75, 3.05) is 5.73 Å². The third-order valence-electron chi connectivity index (χ3n) is 2.81. The molecule has 3 aromatic rings. The van der Waals surface area contributed by atoms with Crippen molar-refractivity contribution in [1.82, 2.24) is 4.98 Å². The monoisotopic (exact) mass is 362 g/mol. The van der Waals surface area contributed by atoms with Crippen LogP contribution in [0, 0.1) is 3.57 Å². The van der Waals surface area contributed by atoms with Gasteiger partial charge >= 0.3 is 0 Å². The number of aromatic nitrogens is 1. The van der Waals surface area contributed by atoms with Crippen LogP contribution in [0.25, 0.3) is 10.9 Å². The molecule has 0 bridgehead atoms. The van der Waals surface area contributed by atoms with E-state index in [0.717, 1.165) is 16.7 Å². The molecule has 2 aromatic carbocycles. The molecule has 0 fully saturated rings. The highest BCUT2D eigenvalue weighted by Crippen LogP contribution is 2.31. The predicted molar refractivity (Wildman–Crippen MR) is 85.4 cm³/mol. The summed E-state index contributed by atoms with van der Waals surface area (Å²) in [6.45, 7) is 0. The second kappa shape index (κ2) is 5.05. The van der Waals surface area contributed by atoms with Crippen LogP contribution in [0.4, 0.5) is 5.69 Å². The van der Waals surface area contributed by atoms with E-state index in [-0.39, 0.29) is 0 Å². The number of pyridine rings is 1. The first kappa shape index (κ1) is 12.2. The lowest BCUT2D eigenvalue weighted by Gasteiger charge is -2.09. The molecule has 0 unspecified atom stereocenters. The molecule has 0 aliphatic rings. The van der Waals surface area contributed by atoms with Crippen LogP contribution in [0.3, 0.4) is 0 Å². The molecule has 0 aliphatic heterocycles. The van der Waals surface area contributed by atoms with Crippen molar-refractivity contribution in [2.24, 2.45) is 0 Å². The molecule has 0 aliphatic carbocycles. The van der Waals surface area contributed by atoms with Crippen LogP contribution >= 0.6 is 22.6 Å². The van der Waals surface area contributed by atoms with Crippen molar-refractivity contribution in [1.29, 1.82) is 0 Å². The quantitative estimate of drug-likeness (QED) is 0.549. The molecular formula is C15H11IN2O. The number of nitrogens with two attached hydrogens (primary N) is 1. The number of fused-ring (bicyclic) bond motifs is 1. The Hall–Kier alpha value is -1.82. The molecule has 0 atom stereocenters. The predicted octanol–water partition coefficient (Wildman–Crippen LogP) is 4.21. The molecule has 0 saturated heterocycles. The summed E-state index contributed by atoms with van der Waals surface area (Å²) >= 11 is 2.26. The van der Waals surface area contributed by atoms with E-state index in [0.29, 0.717) is 11.4 Å². The molecule has 94 valence electrons. The van der Waals surface area contributed by atoms with Gasteiger partial charge in [-0.15, -0.1) is 0 Å². The summed E-state index contributed by atoms with van der Waals surface area (Å²) in [6, 6.07) is 15.4. The average Bonchev–Trinajstić information content (AvgIpc) is 2.45. The highest BCUT2D eigenvalue weighted by atomic mass is 127. The summed E-state index contributed by atoms with van der Waals surface area (Å²) in [5, 5.41) is 0.908. The SMILES string of the molecule is Nc1ccc(Oc2ccc(I)cc2)c2ncccc12. The first-order chi connectivity index (χ1) is 9.24. The molecule has 19 heavy (non-hydrogen) atoms. The van der Waals surface area contributed by atoms with E-state index in [4.69, 9.17) is 10.5 Å². The Balaban J connectivity index is 2.06. The van der Waals surface area contributed by atoms with Gasteiger partial charge in [0.1, 0.15) is 11.3 Å². The van der Waals surface area contributed by atoms with E-state index in [1.54, 1.807) is 6.20 Å². The van der Waals surface area contributed by atoms with Crippen molar-refractivity contribution in [3.8, 4) is 11.5 Å². The van der Waals surface area contributed by atoms with Crippen LogP contribution in [0.2, 0.25) is 0 Å². The van der Waals surface area contributed by atoms with Gasteiger partial charge in [0.15, 0.2) is 5.75 Å². The molecular weight excluding hydrogens is 351 g/mol. The number of anilines is 1. The number of benzene rings is 2. The summed E-state index contributed by atoms with van der Waals surface area (Å²) in [5.74, 6) is 1.50. The van der Waals surface area contributed by atoms with Gasteiger partial charge in [0, 0.05) is 20.8 Å². The van der Waals surface area contributed by atoms with E-state index in [1.807, 2.05) is 48.5 Å². The second-order valence-corrected chi connectivity index (χ2v) is 5.35. The Labute approximate surface area is 124 Å². The van der Waals surface area contributed by atoms with Gasteiger partial charge in [0.2, 0.25) is 0 Å². The zero-order valence-corrected chi connectivity index (χ0v) is 12.2. The van der Waals surface area contributed by atoms with Crippen LogP contribution < -0.4 is 10.5 Å². The fourth-order valence-electron chi connectivity index (χ4n) is 1.88. The largest absolute Gasteiger partial charge is 0.455 e. The summed E-state index contributed by atoms with van der Waals surface area (Å²) in [6.07, 6.45) is 1.74. The summed E-state index contributed by atoms with van der Waals surface area (Å²) in [4.78, 5) is 4.35. The lowest BCUT2D eigenvalue weighted by Crippen LogP contribution is -1.92. The van der Waals surface area contributed by atoms with Crippen LogP contribution in [-0.4, -0.2) is 4.98 Å². The first-order valence-corrected chi connectivity index (χ1v) is 6.88. The lowest BCUT2D eigenvalue weighted by molar-refractivity contribution is 0.487. The molecule has 3 nitrogen and oxygen atoms in total. The molecule has 4 heteroatoms. The van der Waals surface area contributed by atoms with Crippen molar-refractivity contribution in [3.05, 3.63) is 58.3 Å². The van der Waals surface area contributed by atoms with Crippen LogP contribution in [0.15, 0.2) is 54.7 Å². The minimum atomic E-state index is 0.707. The molecule has 1 heterocycles. The third kappa shape index (κ3) is 2.49. The highest BCUT2D eigenvalue weighted by Gasteiger charge is 2.07. The highest BCUT2D eigenvalue weighted by molar-refractivity contribution is 14.1. The van der Waals surface area contributed by atoms with E-state index in [2.05, 4.69) is 27.6 Å². The zero-order chi connectivity index (χ0) is 13.2. The molecule has 0 spiro atoms. The topological polar surface area (TPSA) is 48.1 Å². The van der Waals surface area contributed by atoms with Crippen molar-refractivity contribution < 1.29 is 4.74 Å². The molecule has 0 saturated carbocycles. The second-order valence-electron chi connectivity index (χ2n) is 4.11. The van der Waals surface area contributed by atoms with Gasteiger partial charge in [0.05, 0.1) is 0 Å². The van der Waals surface area contributed by atoms with Gasteiger partial charge in [-0.2, -0.15) is 0 Å². The fourth-order valence-corrected chi connectivity index (χ4v) is 2.24. The lowest BCUT2D eigenvalue weighted by atomic mass is 10.1. The van der Waals surface area contributed by atoms with Gasteiger partial charge in [-0.25, -0.2) is 0 Å².